The summed E-state index contributed by atoms with van der Waals surface area (Å²) in [6.07, 6.45) is 5.34. The standard InChI is InChI=1S/C24H40N8O2/c1-17(2)31(18(3)4)12-9-25-22-21-23(28-24(27-22)32-11-5-7-19(32)15-33)30(16-26-21)14-13-29-10-6-8-20(29)34/h16-19,33H,5-15H2,1-4H3,(H,25,27,28). The number of carbonyl (C=O) groups is 1. The summed E-state index contributed by atoms with van der Waals surface area (Å²) in [7, 11) is 0. The van der Waals surface area contributed by atoms with Crippen LogP contribution in [-0.4, -0.2) is 97.8 Å². The highest BCUT2D eigenvalue weighted by Crippen LogP contribution is 2.27. The highest BCUT2D eigenvalue weighted by atomic mass is 16.3. The zero-order valence-electron chi connectivity index (χ0n) is 21.1. The lowest BCUT2D eigenvalue weighted by atomic mass is 10.2. The Kier molecular flexibility index (Phi) is 7.88. The van der Waals surface area contributed by atoms with E-state index in [4.69, 9.17) is 9.97 Å². The van der Waals surface area contributed by atoms with E-state index in [1.165, 1.54) is 0 Å². The van der Waals surface area contributed by atoms with E-state index < -0.39 is 0 Å². The summed E-state index contributed by atoms with van der Waals surface area (Å²) < 4.78 is 2.02. The number of anilines is 2. The largest absolute Gasteiger partial charge is 0.394 e. The number of likely N-dealkylation sites (tertiary alicyclic amines) is 1. The predicted octanol–water partition coefficient (Wildman–Crippen LogP) is 1.94. The Bertz CT molecular complexity index is 967. The summed E-state index contributed by atoms with van der Waals surface area (Å²) in [5.41, 5.74) is 1.52. The van der Waals surface area contributed by atoms with E-state index in [1.54, 1.807) is 6.33 Å². The number of nitrogens with zero attached hydrogens (tertiary/aromatic N) is 7. The van der Waals surface area contributed by atoms with E-state index >= 15 is 0 Å². The van der Waals surface area contributed by atoms with Crippen LogP contribution in [-0.2, 0) is 11.3 Å². The molecule has 2 saturated heterocycles. The molecule has 0 bridgehead atoms. The van der Waals surface area contributed by atoms with Gasteiger partial charge in [-0.2, -0.15) is 9.97 Å². The van der Waals surface area contributed by atoms with Gasteiger partial charge in [0.25, 0.3) is 0 Å². The molecule has 2 aromatic rings. The van der Waals surface area contributed by atoms with E-state index in [0.717, 1.165) is 62.4 Å². The zero-order valence-corrected chi connectivity index (χ0v) is 21.1. The van der Waals surface area contributed by atoms with E-state index in [2.05, 4.69) is 47.8 Å². The molecule has 0 aromatic carbocycles. The van der Waals surface area contributed by atoms with Crippen molar-refractivity contribution in [2.24, 2.45) is 0 Å². The summed E-state index contributed by atoms with van der Waals surface area (Å²) in [6.45, 7) is 13.6. The molecule has 10 nitrogen and oxygen atoms in total. The Morgan fingerprint density at radius 2 is 1.94 bits per heavy atom. The molecule has 1 unspecified atom stereocenters. The molecular weight excluding hydrogens is 432 g/mol. The summed E-state index contributed by atoms with van der Waals surface area (Å²) >= 11 is 0. The van der Waals surface area contributed by atoms with Crippen molar-refractivity contribution in [2.45, 2.75) is 78.0 Å². The highest BCUT2D eigenvalue weighted by Gasteiger charge is 2.28. The average Bonchev–Trinajstić information content (AvgIpc) is 3.54. The molecule has 188 valence electrons. The minimum atomic E-state index is 0.0428. The van der Waals surface area contributed by atoms with Crippen LogP contribution in [0.5, 0.6) is 0 Å². The zero-order chi connectivity index (χ0) is 24.2. The van der Waals surface area contributed by atoms with Gasteiger partial charge in [-0.3, -0.25) is 9.69 Å². The summed E-state index contributed by atoms with van der Waals surface area (Å²) in [5.74, 6) is 1.59. The second kappa shape index (κ2) is 10.9. The Labute approximate surface area is 202 Å². The quantitative estimate of drug-likeness (QED) is 0.512. The third kappa shape index (κ3) is 5.27. The number of rotatable bonds is 11. The number of hydrogen-bond acceptors (Lipinski definition) is 8. The molecule has 0 radical (unpaired) electrons. The molecule has 34 heavy (non-hydrogen) atoms. The van der Waals surface area contributed by atoms with Crippen LogP contribution in [0.3, 0.4) is 0 Å². The van der Waals surface area contributed by atoms with E-state index in [9.17, 15) is 9.90 Å². The first-order valence-corrected chi connectivity index (χ1v) is 12.8. The molecule has 0 saturated carbocycles. The topological polar surface area (TPSA) is 103 Å². The third-order valence-electron chi connectivity index (χ3n) is 7.07. The highest BCUT2D eigenvalue weighted by molar-refractivity contribution is 5.84. The third-order valence-corrected chi connectivity index (χ3v) is 7.07. The van der Waals surface area contributed by atoms with Gasteiger partial charge in [0.15, 0.2) is 17.0 Å². The van der Waals surface area contributed by atoms with Crippen LogP contribution in [0.4, 0.5) is 11.8 Å². The molecule has 0 aliphatic carbocycles. The van der Waals surface area contributed by atoms with Gasteiger partial charge in [-0.05, 0) is 47.0 Å². The van der Waals surface area contributed by atoms with E-state index in [-0.39, 0.29) is 18.6 Å². The Hall–Kier alpha value is -2.46. The first kappa shape index (κ1) is 24.7. The number of amides is 1. The van der Waals surface area contributed by atoms with Crippen molar-refractivity contribution >= 4 is 28.8 Å². The van der Waals surface area contributed by atoms with Crippen molar-refractivity contribution in [3.63, 3.8) is 0 Å². The summed E-state index contributed by atoms with van der Waals surface area (Å²) in [4.78, 5) is 32.9. The van der Waals surface area contributed by atoms with Crippen LogP contribution in [0.15, 0.2) is 6.33 Å². The second-order valence-corrected chi connectivity index (χ2v) is 9.99. The maximum atomic E-state index is 12.0. The Morgan fingerprint density at radius 3 is 2.62 bits per heavy atom. The van der Waals surface area contributed by atoms with E-state index in [0.29, 0.717) is 37.5 Å². The van der Waals surface area contributed by atoms with Crippen molar-refractivity contribution in [1.82, 2.24) is 29.3 Å². The number of nitrogens with one attached hydrogen (secondary N) is 1. The number of hydrogen-bond donors (Lipinski definition) is 2. The smallest absolute Gasteiger partial charge is 0.229 e. The fourth-order valence-electron chi connectivity index (χ4n) is 5.22. The lowest BCUT2D eigenvalue weighted by molar-refractivity contribution is -0.127. The minimum Gasteiger partial charge on any atom is -0.394 e. The number of imidazole rings is 1. The Morgan fingerprint density at radius 1 is 1.15 bits per heavy atom. The molecule has 2 aliphatic heterocycles. The van der Waals surface area contributed by atoms with Crippen LogP contribution in [0.2, 0.25) is 0 Å². The number of aliphatic hydroxyl groups excluding tert-OH is 1. The van der Waals surface area contributed by atoms with Crippen molar-refractivity contribution in [2.75, 3.05) is 49.5 Å². The number of aliphatic hydroxyl groups is 1. The molecule has 2 aliphatic rings. The van der Waals surface area contributed by atoms with Gasteiger partial charge in [-0.1, -0.05) is 0 Å². The molecule has 2 N–H and O–H groups in total. The molecule has 2 aromatic heterocycles. The van der Waals surface area contributed by atoms with Gasteiger partial charge in [0.1, 0.15) is 0 Å². The maximum Gasteiger partial charge on any atom is 0.229 e. The summed E-state index contributed by atoms with van der Waals surface area (Å²) in [5, 5.41) is 13.4. The van der Waals surface area contributed by atoms with Gasteiger partial charge >= 0.3 is 0 Å². The normalized spacial score (nSPS) is 19.1. The molecule has 1 amide bonds. The Balaban J connectivity index is 1.59. The van der Waals surface area contributed by atoms with Gasteiger partial charge < -0.3 is 24.8 Å². The minimum absolute atomic E-state index is 0.0428. The van der Waals surface area contributed by atoms with Gasteiger partial charge in [0.2, 0.25) is 11.9 Å². The van der Waals surface area contributed by atoms with Crippen LogP contribution in [0.25, 0.3) is 11.2 Å². The molecule has 0 spiro atoms. The lowest BCUT2D eigenvalue weighted by Gasteiger charge is -2.30. The number of carbonyl (C=O) groups excluding carboxylic acids is 1. The first-order valence-electron chi connectivity index (χ1n) is 12.8. The molecule has 4 heterocycles. The molecule has 1 atom stereocenters. The van der Waals surface area contributed by atoms with Crippen LogP contribution < -0.4 is 10.2 Å². The van der Waals surface area contributed by atoms with Crippen LogP contribution in [0, 0.1) is 0 Å². The number of aromatic nitrogens is 4. The molecular formula is C24H40N8O2. The average molecular weight is 473 g/mol. The predicted molar refractivity (Wildman–Crippen MR) is 134 cm³/mol. The van der Waals surface area contributed by atoms with Crippen molar-refractivity contribution in [3.05, 3.63) is 6.33 Å². The number of fused-ring (bicyclic) bond motifs is 1. The van der Waals surface area contributed by atoms with Gasteiger partial charge in [-0.25, -0.2) is 4.98 Å². The SMILES string of the molecule is CC(C)N(CCNc1nc(N2CCCC2CO)nc2c1ncn2CCN1CCCC1=O)C(C)C. The second-order valence-electron chi connectivity index (χ2n) is 9.99. The van der Waals surface area contributed by atoms with Crippen LogP contribution in [0.1, 0.15) is 53.4 Å². The summed E-state index contributed by atoms with van der Waals surface area (Å²) in [6, 6.07) is 0.969. The molecule has 10 heteroatoms. The van der Waals surface area contributed by atoms with Gasteiger partial charge in [0.05, 0.1) is 19.0 Å². The lowest BCUT2D eigenvalue weighted by Crippen LogP contribution is -2.40. The fourth-order valence-corrected chi connectivity index (χ4v) is 5.22. The van der Waals surface area contributed by atoms with E-state index in [1.807, 2.05) is 9.47 Å². The van der Waals surface area contributed by atoms with Gasteiger partial charge in [-0.15, -0.1) is 0 Å². The van der Waals surface area contributed by atoms with Crippen molar-refractivity contribution in [1.29, 1.82) is 0 Å². The van der Waals surface area contributed by atoms with Crippen molar-refractivity contribution in [3.8, 4) is 0 Å². The monoisotopic (exact) mass is 472 g/mol. The van der Waals surface area contributed by atoms with Crippen LogP contribution >= 0.6 is 0 Å². The molecule has 2 fully saturated rings. The maximum absolute atomic E-state index is 12.0. The van der Waals surface area contributed by atoms with Crippen molar-refractivity contribution < 1.29 is 9.90 Å². The molecule has 4 rings (SSSR count). The van der Waals surface area contributed by atoms with Gasteiger partial charge in [0, 0.05) is 57.8 Å². The fraction of sp³-hybridized carbons (Fsp3) is 0.750. The first-order chi connectivity index (χ1) is 16.4.